The zero-order chi connectivity index (χ0) is 57.9. The first-order valence-electron chi connectivity index (χ1n) is 24.8. The first-order valence-corrected chi connectivity index (χ1v) is 24.8. The average Bonchev–Trinajstić information content (AvgIpc) is 3.33. The summed E-state index contributed by atoms with van der Waals surface area (Å²) in [7, 11) is 5.76. The number of hydrogen-bond donors (Lipinski definition) is 0. The highest BCUT2D eigenvalue weighted by Gasteiger charge is 2.45. The molecule has 0 aliphatic rings. The Kier molecular flexibility index (Phi) is 16.7. The molecule has 0 heterocycles. The number of ether oxygens (including phenoxy) is 3. The molecule has 4 nitrogen and oxygen atoms in total. The van der Waals surface area contributed by atoms with E-state index in [0.29, 0.717) is 41.0 Å². The molecule has 0 fully saturated rings. The highest BCUT2D eigenvalue weighted by molar-refractivity contribution is 5.91. The summed E-state index contributed by atoms with van der Waals surface area (Å²) >= 11 is 0. The minimum atomic E-state index is -5.28. The van der Waals surface area contributed by atoms with Gasteiger partial charge in [-0.15, -0.1) is 0 Å². The van der Waals surface area contributed by atoms with Crippen LogP contribution in [-0.2, 0) is 58.8 Å². The lowest BCUT2D eigenvalue weighted by Gasteiger charge is -2.44. The van der Waals surface area contributed by atoms with Gasteiger partial charge in [0.2, 0.25) is 0 Å². The molecular formula is C61H65F12NO3. The highest BCUT2D eigenvalue weighted by Crippen LogP contribution is 2.54. The van der Waals surface area contributed by atoms with E-state index in [1.807, 2.05) is 75.1 Å². The van der Waals surface area contributed by atoms with Crippen LogP contribution in [0.4, 0.5) is 52.7 Å². The lowest BCUT2D eigenvalue weighted by Crippen LogP contribution is -2.49. The Morgan fingerprint density at radius 3 is 1.18 bits per heavy atom. The van der Waals surface area contributed by atoms with Crippen LogP contribution in [0.1, 0.15) is 128 Å². The molecule has 0 aliphatic carbocycles. The van der Waals surface area contributed by atoms with Crippen molar-refractivity contribution in [1.29, 1.82) is 0 Å². The molecule has 0 saturated heterocycles. The van der Waals surface area contributed by atoms with Crippen LogP contribution in [0, 0.1) is 20.8 Å². The van der Waals surface area contributed by atoms with Crippen molar-refractivity contribution in [2.45, 2.75) is 136 Å². The van der Waals surface area contributed by atoms with E-state index in [4.69, 9.17) is 14.2 Å². The van der Waals surface area contributed by atoms with E-state index in [9.17, 15) is 52.7 Å². The topological polar surface area (TPSA) is 30.9 Å². The summed E-state index contributed by atoms with van der Waals surface area (Å²) in [5, 5.41) is 0. The molecule has 2 atom stereocenters. The summed E-state index contributed by atoms with van der Waals surface area (Å²) in [6, 6.07) is 18.7. The zero-order valence-electron chi connectivity index (χ0n) is 45.9. The second kappa shape index (κ2) is 21.3. The van der Waals surface area contributed by atoms with Gasteiger partial charge in [0.05, 0.1) is 36.5 Å². The third-order valence-corrected chi connectivity index (χ3v) is 14.6. The van der Waals surface area contributed by atoms with Crippen LogP contribution >= 0.6 is 0 Å². The van der Waals surface area contributed by atoms with E-state index in [1.54, 1.807) is 67.6 Å². The fraction of sp³-hybridized carbons (Fsp3) is 0.410. The number of alkyl halides is 12. The van der Waals surface area contributed by atoms with Gasteiger partial charge in [-0.05, 0) is 156 Å². The van der Waals surface area contributed by atoms with Gasteiger partial charge in [0, 0.05) is 42.0 Å². The maximum absolute atomic E-state index is 15.0. The Morgan fingerprint density at radius 1 is 0.468 bits per heavy atom. The number of halogens is 12. The highest BCUT2D eigenvalue weighted by atomic mass is 19.4. The lowest BCUT2D eigenvalue weighted by molar-refractivity contribution is -0.144. The number of likely N-dealkylation sites (N-methyl/N-ethyl adjacent to an activating group) is 1. The molecule has 6 rings (SSSR count). The monoisotopic (exact) mass is 1090 g/mol. The van der Waals surface area contributed by atoms with Crippen LogP contribution < -0.4 is 9.47 Å². The number of methoxy groups -OCH3 is 3. The molecule has 77 heavy (non-hydrogen) atoms. The molecule has 0 radical (unpaired) electrons. The second-order valence-electron chi connectivity index (χ2n) is 21.9. The van der Waals surface area contributed by atoms with E-state index in [2.05, 4.69) is 0 Å². The van der Waals surface area contributed by atoms with E-state index < -0.39 is 80.6 Å². The molecule has 16 heteroatoms. The van der Waals surface area contributed by atoms with Gasteiger partial charge in [-0.1, -0.05) is 96.5 Å². The lowest BCUT2D eigenvalue weighted by atomic mass is 9.75. The van der Waals surface area contributed by atoms with Crippen LogP contribution in [0.2, 0.25) is 0 Å². The molecule has 1 unspecified atom stereocenters. The summed E-state index contributed by atoms with van der Waals surface area (Å²) in [5.74, 6) is -0.0994. The minimum Gasteiger partial charge on any atom is -0.496 e. The van der Waals surface area contributed by atoms with Crippen molar-refractivity contribution in [2.75, 3.05) is 28.4 Å². The summed E-state index contributed by atoms with van der Waals surface area (Å²) in [4.78, 5) is 1.85. The molecule has 0 saturated carbocycles. The van der Waals surface area contributed by atoms with Crippen LogP contribution in [0.3, 0.4) is 0 Å². The molecule has 0 amide bonds. The molecule has 0 aliphatic heterocycles. The first kappa shape index (κ1) is 60.2. The van der Waals surface area contributed by atoms with Gasteiger partial charge in [-0.25, -0.2) is 0 Å². The van der Waals surface area contributed by atoms with Gasteiger partial charge < -0.3 is 14.2 Å². The molecule has 0 aromatic heterocycles. The van der Waals surface area contributed by atoms with Gasteiger partial charge in [0.1, 0.15) is 17.1 Å². The van der Waals surface area contributed by atoms with Crippen molar-refractivity contribution in [3.8, 4) is 44.9 Å². The molecule has 0 N–H and O–H groups in total. The first-order chi connectivity index (χ1) is 35.3. The standard InChI is InChI=1S/C61H65F12NO3/c1-16-45-46(30-49(55(6,7)8)53(75-13)51(45)37-24-41(58(62,63)64)28-42(25-37)59(65,66)67)47-31-50(56(9,10)11)54(76-14)52(38-26-43(60(68,69)70)29-44(27-38)61(71,72)73)48(47)32-74(12)36(5)57(77-15,39-20-17-33(2)18-21-39)40-22-19-34(3)35(4)23-40/h17-31,36H,16,32H2,1-15H3/t36-,57?/m0/s1. The Hall–Kier alpha value is -6.00. The maximum atomic E-state index is 15.0. The van der Waals surface area contributed by atoms with Gasteiger partial charge >= 0.3 is 24.7 Å². The normalized spacial score (nSPS) is 14.2. The van der Waals surface area contributed by atoms with Crippen molar-refractivity contribution in [2.24, 2.45) is 0 Å². The van der Waals surface area contributed by atoms with E-state index >= 15 is 0 Å². The molecule has 6 aromatic rings. The third-order valence-electron chi connectivity index (χ3n) is 14.6. The number of aryl methyl sites for hydroxylation is 3. The smallest absolute Gasteiger partial charge is 0.416 e. The fourth-order valence-electron chi connectivity index (χ4n) is 10.3. The Labute approximate surface area is 443 Å². The third kappa shape index (κ3) is 12.0. The van der Waals surface area contributed by atoms with Gasteiger partial charge in [0.15, 0.2) is 0 Å². The predicted octanol–water partition coefficient (Wildman–Crippen LogP) is 18.3. The Balaban J connectivity index is 1.91. The summed E-state index contributed by atoms with van der Waals surface area (Å²) in [6.45, 7) is 19.6. The number of nitrogens with zero attached hydrogens (tertiary/aromatic N) is 1. The quantitative estimate of drug-likeness (QED) is 0.108. The molecule has 0 bridgehead atoms. The number of rotatable bonds is 13. The minimum absolute atomic E-state index is 0.0232. The summed E-state index contributed by atoms with van der Waals surface area (Å²) in [6.07, 6.45) is -21.1. The molecule has 6 aromatic carbocycles. The van der Waals surface area contributed by atoms with E-state index in [-0.39, 0.29) is 70.0 Å². The van der Waals surface area contributed by atoms with E-state index in [1.165, 1.54) is 21.3 Å². The summed E-state index contributed by atoms with van der Waals surface area (Å²) < 4.78 is 197. The van der Waals surface area contributed by atoms with Crippen molar-refractivity contribution >= 4 is 0 Å². The largest absolute Gasteiger partial charge is 0.496 e. The molecule has 0 spiro atoms. The SMILES string of the molecule is CCc1c(-c2cc(C(C)(C)C)c(OC)c(-c3cc(C(F)(F)F)cc(C(F)(F)F)c3)c2CN(C)[C@@H](C)C(OC)(c2ccc(C)cc2)c2ccc(C)c(C)c2)cc(C(C)(C)C)c(OC)c1-c1cc(C(F)(F)F)cc(C(F)(F)F)c1. The Morgan fingerprint density at radius 2 is 0.844 bits per heavy atom. The Bertz CT molecular complexity index is 3070. The number of hydrogen-bond acceptors (Lipinski definition) is 4. The fourth-order valence-corrected chi connectivity index (χ4v) is 10.3. The van der Waals surface area contributed by atoms with Crippen LogP contribution in [-0.4, -0.2) is 39.3 Å². The van der Waals surface area contributed by atoms with Gasteiger partial charge in [-0.2, -0.15) is 52.7 Å². The van der Waals surface area contributed by atoms with Crippen molar-refractivity contribution < 1.29 is 66.9 Å². The van der Waals surface area contributed by atoms with Crippen molar-refractivity contribution in [3.63, 3.8) is 0 Å². The summed E-state index contributed by atoms with van der Waals surface area (Å²) in [5.41, 5.74) is -5.28. The average molecular weight is 1090 g/mol. The van der Waals surface area contributed by atoms with Gasteiger partial charge in [0.25, 0.3) is 0 Å². The van der Waals surface area contributed by atoms with Crippen molar-refractivity contribution in [3.05, 3.63) is 163 Å². The molecular weight excluding hydrogens is 1020 g/mol. The van der Waals surface area contributed by atoms with Crippen LogP contribution in [0.25, 0.3) is 33.4 Å². The van der Waals surface area contributed by atoms with Crippen molar-refractivity contribution in [1.82, 2.24) is 4.90 Å². The van der Waals surface area contributed by atoms with Crippen LogP contribution in [0.5, 0.6) is 11.5 Å². The van der Waals surface area contributed by atoms with Crippen LogP contribution in [0.15, 0.2) is 91.0 Å². The second-order valence-corrected chi connectivity index (χ2v) is 21.9. The zero-order valence-corrected chi connectivity index (χ0v) is 45.9. The van der Waals surface area contributed by atoms with E-state index in [0.717, 1.165) is 22.3 Å². The predicted molar refractivity (Wildman–Crippen MR) is 278 cm³/mol. The molecule has 416 valence electrons. The number of benzene rings is 6. The van der Waals surface area contributed by atoms with Gasteiger partial charge in [-0.3, -0.25) is 4.90 Å². The maximum Gasteiger partial charge on any atom is 0.416 e.